The lowest BCUT2D eigenvalue weighted by Crippen LogP contribution is -2.46. The van der Waals surface area contributed by atoms with Gasteiger partial charge in [0.25, 0.3) is 0 Å². The first-order chi connectivity index (χ1) is 12.5. The molecular formula is C22H29NO3. The van der Waals surface area contributed by atoms with Gasteiger partial charge < -0.3 is 19.9 Å². The Labute approximate surface area is 156 Å². The Morgan fingerprint density at radius 3 is 1.85 bits per heavy atom. The average Bonchev–Trinajstić information content (AvgIpc) is 2.67. The lowest BCUT2D eigenvalue weighted by Gasteiger charge is -2.43. The van der Waals surface area contributed by atoms with Crippen LogP contribution in [-0.2, 0) is 0 Å². The zero-order valence-electron chi connectivity index (χ0n) is 16.0. The predicted molar refractivity (Wildman–Crippen MR) is 104 cm³/mol. The Morgan fingerprint density at radius 2 is 1.38 bits per heavy atom. The van der Waals surface area contributed by atoms with Crippen LogP contribution in [0.4, 0.5) is 0 Å². The Kier molecular flexibility index (Phi) is 5.84. The molecule has 0 unspecified atom stereocenters. The fourth-order valence-electron chi connectivity index (χ4n) is 4.04. The van der Waals surface area contributed by atoms with Crippen molar-refractivity contribution in [1.82, 2.24) is 5.32 Å². The Bertz CT molecular complexity index is 696. The van der Waals surface area contributed by atoms with E-state index in [9.17, 15) is 5.11 Å². The van der Waals surface area contributed by atoms with Gasteiger partial charge in [0.2, 0.25) is 0 Å². The number of benzene rings is 2. The molecule has 140 valence electrons. The molecule has 1 fully saturated rings. The number of hydrogen-bond donors (Lipinski definition) is 2. The van der Waals surface area contributed by atoms with Gasteiger partial charge in [-0.25, -0.2) is 0 Å². The molecule has 0 bridgehead atoms. The molecule has 26 heavy (non-hydrogen) atoms. The SMILES string of the molecule is COc1ccc([C@@H]2C[C@H](O)[C@H](C(C)C)[C@H](c3ccc(OC)cc3)N2)cc1. The van der Waals surface area contributed by atoms with E-state index in [0.717, 1.165) is 11.5 Å². The van der Waals surface area contributed by atoms with Crippen molar-refractivity contribution in [3.63, 3.8) is 0 Å². The molecule has 0 aromatic heterocycles. The number of aliphatic hydroxyl groups is 1. The second-order valence-corrected chi connectivity index (χ2v) is 7.37. The number of ether oxygens (including phenoxy) is 2. The molecule has 2 aromatic rings. The van der Waals surface area contributed by atoms with E-state index in [2.05, 4.69) is 43.4 Å². The highest BCUT2D eigenvalue weighted by molar-refractivity contribution is 5.33. The topological polar surface area (TPSA) is 50.7 Å². The highest BCUT2D eigenvalue weighted by Gasteiger charge is 2.39. The van der Waals surface area contributed by atoms with Crippen LogP contribution in [0.15, 0.2) is 48.5 Å². The van der Waals surface area contributed by atoms with Gasteiger partial charge >= 0.3 is 0 Å². The second kappa shape index (κ2) is 8.11. The molecule has 0 saturated carbocycles. The van der Waals surface area contributed by atoms with E-state index in [1.807, 2.05) is 24.3 Å². The molecule has 4 nitrogen and oxygen atoms in total. The normalized spacial score (nSPS) is 25.9. The number of rotatable bonds is 5. The van der Waals surface area contributed by atoms with Crippen LogP contribution in [0.3, 0.4) is 0 Å². The zero-order chi connectivity index (χ0) is 18.7. The van der Waals surface area contributed by atoms with Gasteiger partial charge in [0.05, 0.1) is 20.3 Å². The fourth-order valence-corrected chi connectivity index (χ4v) is 4.04. The molecule has 1 aliphatic heterocycles. The van der Waals surface area contributed by atoms with Crippen molar-refractivity contribution in [1.29, 1.82) is 0 Å². The fraction of sp³-hybridized carbons (Fsp3) is 0.455. The Morgan fingerprint density at radius 1 is 0.885 bits per heavy atom. The molecule has 0 aliphatic carbocycles. The summed E-state index contributed by atoms with van der Waals surface area (Å²) in [5.41, 5.74) is 2.35. The number of aliphatic hydroxyl groups excluding tert-OH is 1. The molecule has 1 saturated heterocycles. The quantitative estimate of drug-likeness (QED) is 0.847. The van der Waals surface area contributed by atoms with Crippen LogP contribution in [0.5, 0.6) is 11.5 Å². The summed E-state index contributed by atoms with van der Waals surface area (Å²) in [5.74, 6) is 2.23. The van der Waals surface area contributed by atoms with E-state index in [1.165, 1.54) is 11.1 Å². The molecule has 4 atom stereocenters. The van der Waals surface area contributed by atoms with Crippen molar-refractivity contribution in [3.05, 3.63) is 59.7 Å². The number of nitrogens with one attached hydrogen (secondary N) is 1. The van der Waals surface area contributed by atoms with Gasteiger partial charge in [0.15, 0.2) is 0 Å². The first kappa shape index (κ1) is 18.7. The molecule has 2 aromatic carbocycles. The molecule has 0 amide bonds. The van der Waals surface area contributed by atoms with Crippen LogP contribution >= 0.6 is 0 Å². The summed E-state index contributed by atoms with van der Waals surface area (Å²) in [6.45, 7) is 4.36. The Balaban J connectivity index is 1.89. The third-order valence-corrected chi connectivity index (χ3v) is 5.45. The van der Waals surface area contributed by atoms with Gasteiger partial charge in [0, 0.05) is 18.0 Å². The largest absolute Gasteiger partial charge is 0.497 e. The molecule has 3 rings (SSSR count). The predicted octanol–water partition coefficient (Wildman–Crippen LogP) is 4.11. The van der Waals surface area contributed by atoms with E-state index >= 15 is 0 Å². The standard InChI is InChI=1S/C22H29NO3/c1-14(2)21-20(24)13-19(15-5-9-17(25-3)10-6-15)23-22(21)16-7-11-18(26-4)12-8-16/h5-12,14,19-24H,13H2,1-4H3/t19-,20-,21-,22-/m0/s1. The monoisotopic (exact) mass is 355 g/mol. The average molecular weight is 355 g/mol. The van der Waals surface area contributed by atoms with Crippen molar-refractivity contribution in [2.24, 2.45) is 11.8 Å². The first-order valence-electron chi connectivity index (χ1n) is 9.25. The number of hydrogen-bond acceptors (Lipinski definition) is 4. The van der Waals surface area contributed by atoms with E-state index in [1.54, 1.807) is 14.2 Å². The minimum absolute atomic E-state index is 0.0942. The lowest BCUT2D eigenvalue weighted by atomic mass is 9.74. The smallest absolute Gasteiger partial charge is 0.118 e. The van der Waals surface area contributed by atoms with Crippen molar-refractivity contribution < 1.29 is 14.6 Å². The maximum absolute atomic E-state index is 10.9. The minimum atomic E-state index is -0.351. The van der Waals surface area contributed by atoms with Crippen molar-refractivity contribution in [2.75, 3.05) is 14.2 Å². The van der Waals surface area contributed by atoms with Gasteiger partial charge in [-0.05, 0) is 47.7 Å². The maximum Gasteiger partial charge on any atom is 0.118 e. The van der Waals surface area contributed by atoms with Crippen LogP contribution in [0.25, 0.3) is 0 Å². The second-order valence-electron chi connectivity index (χ2n) is 7.37. The third-order valence-electron chi connectivity index (χ3n) is 5.45. The van der Waals surface area contributed by atoms with Crippen molar-refractivity contribution in [2.45, 2.75) is 38.5 Å². The highest BCUT2D eigenvalue weighted by atomic mass is 16.5. The van der Waals surface area contributed by atoms with E-state index < -0.39 is 0 Å². The van der Waals surface area contributed by atoms with Crippen LogP contribution in [-0.4, -0.2) is 25.4 Å². The van der Waals surface area contributed by atoms with Crippen molar-refractivity contribution in [3.8, 4) is 11.5 Å². The van der Waals surface area contributed by atoms with E-state index in [4.69, 9.17) is 9.47 Å². The molecule has 1 heterocycles. The molecule has 2 N–H and O–H groups in total. The minimum Gasteiger partial charge on any atom is -0.497 e. The van der Waals surface area contributed by atoms with Gasteiger partial charge in [0.1, 0.15) is 11.5 Å². The van der Waals surface area contributed by atoms with Crippen molar-refractivity contribution >= 4 is 0 Å². The summed E-state index contributed by atoms with van der Waals surface area (Å²) in [7, 11) is 3.35. The summed E-state index contributed by atoms with van der Waals surface area (Å²) in [6, 6.07) is 16.4. The maximum atomic E-state index is 10.9. The zero-order valence-corrected chi connectivity index (χ0v) is 16.0. The number of piperidine rings is 1. The highest BCUT2D eigenvalue weighted by Crippen LogP contribution is 2.41. The molecular weight excluding hydrogens is 326 g/mol. The van der Waals surface area contributed by atoms with Gasteiger partial charge in [-0.1, -0.05) is 38.1 Å². The van der Waals surface area contributed by atoms with Gasteiger partial charge in [-0.15, -0.1) is 0 Å². The summed E-state index contributed by atoms with van der Waals surface area (Å²) in [5, 5.41) is 14.7. The van der Waals surface area contributed by atoms with Gasteiger partial charge in [-0.2, -0.15) is 0 Å². The summed E-state index contributed by atoms with van der Waals surface area (Å²) in [6.07, 6.45) is 0.359. The molecule has 1 aliphatic rings. The van der Waals surface area contributed by atoms with Gasteiger partial charge in [-0.3, -0.25) is 0 Å². The molecule has 0 spiro atoms. The van der Waals surface area contributed by atoms with Crippen LogP contribution in [0.1, 0.15) is 43.5 Å². The van der Waals surface area contributed by atoms with Crippen LogP contribution in [0.2, 0.25) is 0 Å². The van der Waals surface area contributed by atoms with Crippen LogP contribution in [0, 0.1) is 11.8 Å². The Hall–Kier alpha value is -2.04. The summed E-state index contributed by atoms with van der Waals surface area (Å²) in [4.78, 5) is 0. The summed E-state index contributed by atoms with van der Waals surface area (Å²) >= 11 is 0. The number of methoxy groups -OCH3 is 2. The summed E-state index contributed by atoms with van der Waals surface area (Å²) < 4.78 is 10.5. The van der Waals surface area contributed by atoms with E-state index in [-0.39, 0.29) is 24.1 Å². The lowest BCUT2D eigenvalue weighted by molar-refractivity contribution is 0.00765. The van der Waals surface area contributed by atoms with Crippen LogP contribution < -0.4 is 14.8 Å². The molecule has 0 radical (unpaired) electrons. The first-order valence-corrected chi connectivity index (χ1v) is 9.25. The third kappa shape index (κ3) is 3.87. The van der Waals surface area contributed by atoms with E-state index in [0.29, 0.717) is 12.3 Å². The molecule has 4 heteroatoms.